The number of hydrogen-bond donors (Lipinski definition) is 1. The molecule has 3 rings (SSSR count). The zero-order valence-corrected chi connectivity index (χ0v) is 15.7. The van der Waals surface area contributed by atoms with Gasteiger partial charge in [0.2, 0.25) is 5.88 Å². The third kappa shape index (κ3) is 3.63. The molecule has 0 fully saturated rings. The van der Waals surface area contributed by atoms with Crippen molar-refractivity contribution in [2.24, 2.45) is 5.73 Å². The van der Waals surface area contributed by atoms with Crippen molar-refractivity contribution in [1.29, 1.82) is 5.26 Å². The van der Waals surface area contributed by atoms with E-state index < -0.39 is 5.92 Å². The molecular weight excluding hydrogens is 344 g/mol. The lowest BCUT2D eigenvalue weighted by Crippen LogP contribution is -2.27. The van der Waals surface area contributed by atoms with Gasteiger partial charge in [-0.1, -0.05) is 13.0 Å². The van der Waals surface area contributed by atoms with Gasteiger partial charge in [-0.3, -0.25) is 4.79 Å². The number of Topliss-reactive ketones (excluding diaryl/α,β-unsaturated/α-hetero) is 1. The summed E-state index contributed by atoms with van der Waals surface area (Å²) in [6, 6.07) is 7.65. The maximum absolute atomic E-state index is 12.6. The van der Waals surface area contributed by atoms with Gasteiger partial charge in [-0.15, -0.1) is 0 Å². The predicted molar refractivity (Wildman–Crippen MR) is 99.9 cm³/mol. The fraction of sp³-hybridized carbons (Fsp3) is 0.429. The number of benzene rings is 1. The van der Waals surface area contributed by atoms with Crippen molar-refractivity contribution in [3.8, 4) is 17.6 Å². The molecule has 0 radical (unpaired) electrons. The molecule has 0 saturated heterocycles. The van der Waals surface area contributed by atoms with E-state index >= 15 is 0 Å². The zero-order valence-electron chi connectivity index (χ0n) is 15.7. The van der Waals surface area contributed by atoms with Crippen LogP contribution >= 0.6 is 0 Å². The van der Waals surface area contributed by atoms with Crippen LogP contribution in [-0.4, -0.2) is 19.0 Å². The molecule has 2 N–H and O–H groups in total. The first-order valence-corrected chi connectivity index (χ1v) is 9.34. The van der Waals surface area contributed by atoms with Gasteiger partial charge in [0.1, 0.15) is 17.4 Å². The lowest BCUT2D eigenvalue weighted by molar-refractivity contribution is -0.116. The summed E-state index contributed by atoms with van der Waals surface area (Å²) in [4.78, 5) is 12.6. The average Bonchev–Trinajstić information content (AvgIpc) is 2.66. The number of carbonyl (C=O) groups excluding carboxylic acids is 1. The number of ether oxygens (including phenoxy) is 3. The summed E-state index contributed by atoms with van der Waals surface area (Å²) < 4.78 is 17.1. The minimum absolute atomic E-state index is 0.00534. The molecule has 2 aliphatic rings. The van der Waals surface area contributed by atoms with Crippen LogP contribution in [-0.2, 0) is 9.53 Å². The molecule has 1 atom stereocenters. The summed E-state index contributed by atoms with van der Waals surface area (Å²) >= 11 is 0. The first-order valence-electron chi connectivity index (χ1n) is 9.34. The molecule has 1 heterocycles. The van der Waals surface area contributed by atoms with E-state index in [1.54, 1.807) is 0 Å². The average molecular weight is 368 g/mol. The predicted octanol–water partition coefficient (Wildman–Crippen LogP) is 3.69. The molecule has 1 aliphatic carbocycles. The third-order valence-corrected chi connectivity index (χ3v) is 4.67. The topological polar surface area (TPSA) is 94.6 Å². The number of rotatable bonds is 6. The van der Waals surface area contributed by atoms with E-state index in [0.29, 0.717) is 48.9 Å². The monoisotopic (exact) mass is 368 g/mol. The van der Waals surface area contributed by atoms with Crippen molar-refractivity contribution in [1.82, 2.24) is 0 Å². The van der Waals surface area contributed by atoms with Crippen LogP contribution in [0.3, 0.4) is 0 Å². The second-order valence-electron chi connectivity index (χ2n) is 6.53. The van der Waals surface area contributed by atoms with E-state index in [1.165, 1.54) is 0 Å². The maximum atomic E-state index is 12.6. The van der Waals surface area contributed by atoms with E-state index in [4.69, 9.17) is 19.9 Å². The highest BCUT2D eigenvalue weighted by Crippen LogP contribution is 2.45. The fourth-order valence-electron chi connectivity index (χ4n) is 3.49. The second kappa shape index (κ2) is 8.17. The van der Waals surface area contributed by atoms with E-state index in [2.05, 4.69) is 6.07 Å². The lowest BCUT2D eigenvalue weighted by atomic mass is 9.77. The molecule has 0 amide bonds. The Balaban J connectivity index is 2.09. The Hall–Kier alpha value is -2.94. The minimum Gasteiger partial charge on any atom is -0.490 e. The summed E-state index contributed by atoms with van der Waals surface area (Å²) in [6.45, 7) is 5.00. The summed E-state index contributed by atoms with van der Waals surface area (Å²) in [5, 5.41) is 9.66. The highest BCUT2D eigenvalue weighted by molar-refractivity contribution is 5.99. The van der Waals surface area contributed by atoms with Gasteiger partial charge in [0.15, 0.2) is 17.3 Å². The van der Waals surface area contributed by atoms with Crippen molar-refractivity contribution in [2.45, 2.75) is 45.4 Å². The minimum atomic E-state index is -0.536. The molecule has 1 aliphatic heterocycles. The van der Waals surface area contributed by atoms with Crippen molar-refractivity contribution in [3.63, 3.8) is 0 Å². The molecule has 1 aromatic carbocycles. The van der Waals surface area contributed by atoms with Crippen LogP contribution in [0.25, 0.3) is 0 Å². The maximum Gasteiger partial charge on any atom is 0.205 e. The van der Waals surface area contributed by atoms with Crippen molar-refractivity contribution in [3.05, 3.63) is 46.6 Å². The van der Waals surface area contributed by atoms with Gasteiger partial charge < -0.3 is 19.9 Å². The summed E-state index contributed by atoms with van der Waals surface area (Å²) in [5.74, 6) is 1.36. The Bertz CT molecular complexity index is 848. The quantitative estimate of drug-likeness (QED) is 0.823. The summed E-state index contributed by atoms with van der Waals surface area (Å²) in [5.41, 5.74) is 7.56. The van der Waals surface area contributed by atoms with Gasteiger partial charge in [0.25, 0.3) is 0 Å². The zero-order chi connectivity index (χ0) is 19.4. The van der Waals surface area contributed by atoms with Gasteiger partial charge in [-0.25, -0.2) is 0 Å². The lowest BCUT2D eigenvalue weighted by Gasteiger charge is -2.31. The van der Waals surface area contributed by atoms with E-state index in [1.807, 2.05) is 32.0 Å². The summed E-state index contributed by atoms with van der Waals surface area (Å²) in [7, 11) is 0. The van der Waals surface area contributed by atoms with Crippen LogP contribution in [0.15, 0.2) is 41.0 Å². The number of nitrogens with two attached hydrogens (primary N) is 1. The molecule has 27 heavy (non-hydrogen) atoms. The van der Waals surface area contributed by atoms with Gasteiger partial charge in [0, 0.05) is 18.4 Å². The Morgan fingerprint density at radius 3 is 2.78 bits per heavy atom. The number of nitrogens with zero attached hydrogens (tertiary/aromatic N) is 1. The van der Waals surface area contributed by atoms with Crippen LogP contribution in [0, 0.1) is 11.3 Å². The molecule has 0 aromatic heterocycles. The number of carbonyl (C=O) groups is 1. The van der Waals surface area contributed by atoms with Gasteiger partial charge in [-0.2, -0.15) is 5.26 Å². The van der Waals surface area contributed by atoms with Crippen LogP contribution in [0.4, 0.5) is 0 Å². The van der Waals surface area contributed by atoms with Crippen molar-refractivity contribution >= 4 is 5.78 Å². The molecule has 6 nitrogen and oxygen atoms in total. The highest BCUT2D eigenvalue weighted by atomic mass is 16.5. The Kier molecular flexibility index (Phi) is 5.70. The van der Waals surface area contributed by atoms with Gasteiger partial charge in [-0.05, 0) is 37.5 Å². The third-order valence-electron chi connectivity index (χ3n) is 4.67. The number of allylic oxidation sites excluding steroid dienone is 3. The summed E-state index contributed by atoms with van der Waals surface area (Å²) in [6.07, 6.45) is 2.71. The normalized spacial score (nSPS) is 19.3. The Morgan fingerprint density at radius 2 is 2.07 bits per heavy atom. The van der Waals surface area contributed by atoms with Crippen LogP contribution in [0.5, 0.6) is 11.5 Å². The van der Waals surface area contributed by atoms with E-state index in [-0.39, 0.29) is 17.2 Å². The Labute approximate surface area is 159 Å². The molecule has 0 bridgehead atoms. The molecule has 1 aromatic rings. The molecule has 142 valence electrons. The molecule has 0 spiro atoms. The first kappa shape index (κ1) is 18.8. The standard InChI is InChI=1S/C21H24N2O4/c1-3-10-26-16-9-8-13(11-18(16)25-4-2)19-14(12-22)21(23)27-17-7-5-6-15(24)20(17)19/h8-9,11,19H,3-7,10,23H2,1-2H3. The Morgan fingerprint density at radius 1 is 1.26 bits per heavy atom. The highest BCUT2D eigenvalue weighted by Gasteiger charge is 2.38. The van der Waals surface area contributed by atoms with Gasteiger partial charge >= 0.3 is 0 Å². The smallest absolute Gasteiger partial charge is 0.205 e. The molecule has 6 heteroatoms. The van der Waals surface area contributed by atoms with Crippen molar-refractivity contribution < 1.29 is 19.0 Å². The SMILES string of the molecule is CCCOc1ccc(C2C(C#N)=C(N)OC3=C2C(=O)CCC3)cc1OCC. The van der Waals surface area contributed by atoms with E-state index in [9.17, 15) is 10.1 Å². The fourth-order valence-corrected chi connectivity index (χ4v) is 3.49. The molecular formula is C21H24N2O4. The number of nitriles is 1. The van der Waals surface area contributed by atoms with Crippen molar-refractivity contribution in [2.75, 3.05) is 13.2 Å². The first-order chi connectivity index (χ1) is 13.1. The molecule has 0 saturated carbocycles. The van der Waals surface area contributed by atoms with Crippen LogP contribution < -0.4 is 15.2 Å². The largest absolute Gasteiger partial charge is 0.490 e. The number of ketones is 1. The van der Waals surface area contributed by atoms with Gasteiger partial charge in [0.05, 0.1) is 19.1 Å². The molecule has 1 unspecified atom stereocenters. The second-order valence-corrected chi connectivity index (χ2v) is 6.53. The van der Waals surface area contributed by atoms with Crippen LogP contribution in [0.1, 0.15) is 51.0 Å². The number of hydrogen-bond acceptors (Lipinski definition) is 6. The van der Waals surface area contributed by atoms with Crippen LogP contribution in [0.2, 0.25) is 0 Å². The van der Waals surface area contributed by atoms with E-state index in [0.717, 1.165) is 18.4 Å².